The van der Waals surface area contributed by atoms with Gasteiger partial charge in [0.2, 0.25) is 11.9 Å². The highest BCUT2D eigenvalue weighted by Crippen LogP contribution is 2.24. The van der Waals surface area contributed by atoms with Gasteiger partial charge in [-0.3, -0.25) is 9.59 Å². The van der Waals surface area contributed by atoms with E-state index in [1.807, 2.05) is 23.3 Å². The first-order valence-corrected chi connectivity index (χ1v) is 10.1. The molecule has 0 unspecified atom stereocenters. The van der Waals surface area contributed by atoms with Gasteiger partial charge in [-0.1, -0.05) is 0 Å². The molecule has 154 valence electrons. The molecule has 1 N–H and O–H groups in total. The number of likely N-dealkylation sites (tertiary alicyclic amines) is 1. The van der Waals surface area contributed by atoms with Gasteiger partial charge in [0.05, 0.1) is 17.7 Å². The molecule has 2 aliphatic rings. The first-order valence-electron chi connectivity index (χ1n) is 10.1. The van der Waals surface area contributed by atoms with Crippen LogP contribution in [0, 0.1) is 13.8 Å². The van der Waals surface area contributed by atoms with Crippen LogP contribution in [0.15, 0.2) is 6.33 Å². The molecule has 0 aliphatic carbocycles. The summed E-state index contributed by atoms with van der Waals surface area (Å²) >= 11 is 0. The highest BCUT2D eigenvalue weighted by Gasteiger charge is 2.30. The predicted molar refractivity (Wildman–Crippen MR) is 108 cm³/mol. The number of imidazole rings is 1. The number of carbonyl (C=O) groups is 2. The number of fused-ring (bicyclic) bond motifs is 1. The summed E-state index contributed by atoms with van der Waals surface area (Å²) in [5.41, 5.74) is 3.97. The number of aromatic nitrogens is 4. The molecule has 2 aliphatic heterocycles. The zero-order chi connectivity index (χ0) is 20.5. The average Bonchev–Trinajstić information content (AvgIpc) is 3.38. The average molecular weight is 397 g/mol. The zero-order valence-electron chi connectivity index (χ0n) is 17.2. The smallest absolute Gasteiger partial charge is 0.273 e. The molecule has 0 aromatic carbocycles. The number of nitrogens with zero attached hydrogens (tertiary/aromatic N) is 6. The van der Waals surface area contributed by atoms with E-state index in [2.05, 4.69) is 20.3 Å². The van der Waals surface area contributed by atoms with E-state index in [0.717, 1.165) is 48.6 Å². The van der Waals surface area contributed by atoms with E-state index < -0.39 is 0 Å². The Morgan fingerprint density at radius 1 is 1.10 bits per heavy atom. The Balaban J connectivity index is 1.59. The molecule has 1 fully saturated rings. The Morgan fingerprint density at radius 2 is 1.86 bits per heavy atom. The van der Waals surface area contributed by atoms with Crippen LogP contribution >= 0.6 is 0 Å². The SMILES string of the molecule is CNc1nc2c(c(C(=O)N3CCCC3)n1)CN(C(=O)Cn1cnc(C)c1C)CC2. The summed E-state index contributed by atoms with van der Waals surface area (Å²) in [7, 11) is 1.75. The molecular formula is C20H27N7O2. The number of amides is 2. The minimum absolute atomic E-state index is 0.00779. The van der Waals surface area contributed by atoms with Crippen molar-refractivity contribution >= 4 is 17.8 Å². The maximum atomic E-state index is 13.1. The van der Waals surface area contributed by atoms with E-state index in [9.17, 15) is 9.59 Å². The fraction of sp³-hybridized carbons (Fsp3) is 0.550. The standard InChI is InChI=1S/C20H27N7O2/c1-13-14(2)27(12-22-13)11-17(28)26-9-6-16-15(10-26)18(24-20(21-3)23-16)19(29)25-7-4-5-8-25/h12H,4-11H2,1-3H3,(H,21,23,24). The summed E-state index contributed by atoms with van der Waals surface area (Å²) in [4.78, 5) is 43.0. The van der Waals surface area contributed by atoms with E-state index >= 15 is 0 Å². The van der Waals surface area contributed by atoms with Crippen molar-refractivity contribution in [1.29, 1.82) is 0 Å². The summed E-state index contributed by atoms with van der Waals surface area (Å²) in [5.74, 6) is 0.400. The quantitative estimate of drug-likeness (QED) is 0.832. The molecule has 0 bridgehead atoms. The van der Waals surface area contributed by atoms with E-state index in [0.29, 0.717) is 31.2 Å². The van der Waals surface area contributed by atoms with Gasteiger partial charge in [0.1, 0.15) is 12.2 Å². The molecule has 9 heteroatoms. The second kappa shape index (κ2) is 7.81. The summed E-state index contributed by atoms with van der Waals surface area (Å²) in [5, 5.41) is 2.95. The minimum atomic E-state index is -0.0620. The number of hydrogen-bond acceptors (Lipinski definition) is 6. The van der Waals surface area contributed by atoms with Crippen LogP contribution in [0.2, 0.25) is 0 Å². The summed E-state index contributed by atoms with van der Waals surface area (Å²) in [6.07, 6.45) is 4.35. The highest BCUT2D eigenvalue weighted by molar-refractivity contribution is 5.94. The summed E-state index contributed by atoms with van der Waals surface area (Å²) in [6, 6.07) is 0. The number of hydrogen-bond donors (Lipinski definition) is 1. The second-order valence-corrected chi connectivity index (χ2v) is 7.68. The normalized spacial score (nSPS) is 16.1. The first kappa shape index (κ1) is 19.4. The molecule has 1 saturated heterocycles. The molecule has 2 aromatic rings. The van der Waals surface area contributed by atoms with Gasteiger partial charge in [0.25, 0.3) is 5.91 Å². The maximum Gasteiger partial charge on any atom is 0.273 e. The van der Waals surface area contributed by atoms with Crippen LogP contribution in [0.3, 0.4) is 0 Å². The Bertz CT molecular complexity index is 947. The van der Waals surface area contributed by atoms with Gasteiger partial charge < -0.3 is 19.7 Å². The van der Waals surface area contributed by atoms with Gasteiger partial charge in [0, 0.05) is 50.9 Å². The van der Waals surface area contributed by atoms with Crippen LogP contribution in [0.1, 0.15) is 46.0 Å². The Labute approximate surface area is 170 Å². The Hall–Kier alpha value is -2.97. The van der Waals surface area contributed by atoms with Crippen molar-refractivity contribution in [3.05, 3.63) is 34.7 Å². The van der Waals surface area contributed by atoms with Gasteiger partial charge in [-0.25, -0.2) is 15.0 Å². The van der Waals surface area contributed by atoms with Gasteiger partial charge >= 0.3 is 0 Å². The van der Waals surface area contributed by atoms with E-state index in [1.54, 1.807) is 18.3 Å². The van der Waals surface area contributed by atoms with Gasteiger partial charge in [-0.15, -0.1) is 0 Å². The van der Waals surface area contributed by atoms with Crippen LogP contribution in [0.5, 0.6) is 0 Å². The van der Waals surface area contributed by atoms with Crippen LogP contribution in [-0.2, 0) is 24.3 Å². The Kier molecular flexibility index (Phi) is 5.21. The molecule has 0 saturated carbocycles. The van der Waals surface area contributed by atoms with E-state index in [-0.39, 0.29) is 18.4 Å². The maximum absolute atomic E-state index is 13.1. The molecule has 9 nitrogen and oxygen atoms in total. The molecule has 0 spiro atoms. The number of nitrogens with one attached hydrogen (secondary N) is 1. The summed E-state index contributed by atoms with van der Waals surface area (Å²) < 4.78 is 1.87. The lowest BCUT2D eigenvalue weighted by molar-refractivity contribution is -0.132. The minimum Gasteiger partial charge on any atom is -0.357 e. The first-order chi connectivity index (χ1) is 14.0. The molecular weight excluding hydrogens is 370 g/mol. The number of anilines is 1. The van der Waals surface area contributed by atoms with Gasteiger partial charge in [-0.2, -0.15) is 0 Å². The molecule has 29 heavy (non-hydrogen) atoms. The van der Waals surface area contributed by atoms with Crippen molar-refractivity contribution in [2.75, 3.05) is 32.0 Å². The van der Waals surface area contributed by atoms with Crippen molar-refractivity contribution in [3.63, 3.8) is 0 Å². The number of aryl methyl sites for hydroxylation is 1. The number of carbonyl (C=O) groups excluding carboxylic acids is 2. The Morgan fingerprint density at radius 3 is 2.52 bits per heavy atom. The topological polar surface area (TPSA) is 96.3 Å². The lowest BCUT2D eigenvalue weighted by Crippen LogP contribution is -2.40. The fourth-order valence-electron chi connectivity index (χ4n) is 3.93. The van der Waals surface area contributed by atoms with Gasteiger partial charge in [0.15, 0.2) is 0 Å². The monoisotopic (exact) mass is 397 g/mol. The van der Waals surface area contributed by atoms with Crippen LogP contribution in [-0.4, -0.2) is 67.8 Å². The van der Waals surface area contributed by atoms with Crippen LogP contribution < -0.4 is 5.32 Å². The molecule has 4 rings (SSSR count). The van der Waals surface area contributed by atoms with Crippen molar-refractivity contribution in [2.45, 2.75) is 46.2 Å². The lowest BCUT2D eigenvalue weighted by atomic mass is 10.0. The lowest BCUT2D eigenvalue weighted by Gasteiger charge is -2.30. The summed E-state index contributed by atoms with van der Waals surface area (Å²) in [6.45, 7) is 6.59. The molecule has 0 radical (unpaired) electrons. The van der Waals surface area contributed by atoms with Crippen molar-refractivity contribution < 1.29 is 9.59 Å². The third-order valence-corrected chi connectivity index (χ3v) is 5.88. The van der Waals surface area contributed by atoms with Crippen molar-refractivity contribution in [1.82, 2.24) is 29.3 Å². The van der Waals surface area contributed by atoms with Crippen LogP contribution in [0.4, 0.5) is 5.95 Å². The third-order valence-electron chi connectivity index (χ3n) is 5.88. The third kappa shape index (κ3) is 3.68. The predicted octanol–water partition coefficient (Wildman–Crippen LogP) is 1.15. The van der Waals surface area contributed by atoms with Crippen molar-refractivity contribution in [2.24, 2.45) is 0 Å². The molecule has 4 heterocycles. The van der Waals surface area contributed by atoms with E-state index in [1.165, 1.54) is 0 Å². The molecule has 0 atom stereocenters. The van der Waals surface area contributed by atoms with Gasteiger partial charge in [-0.05, 0) is 26.7 Å². The molecule has 2 aromatic heterocycles. The second-order valence-electron chi connectivity index (χ2n) is 7.68. The number of rotatable bonds is 4. The highest BCUT2D eigenvalue weighted by atomic mass is 16.2. The van der Waals surface area contributed by atoms with Crippen molar-refractivity contribution in [3.8, 4) is 0 Å². The van der Waals surface area contributed by atoms with E-state index in [4.69, 9.17) is 0 Å². The fourth-order valence-corrected chi connectivity index (χ4v) is 3.93. The van der Waals surface area contributed by atoms with Crippen LogP contribution in [0.25, 0.3) is 0 Å². The largest absolute Gasteiger partial charge is 0.357 e. The molecule has 2 amide bonds. The zero-order valence-corrected chi connectivity index (χ0v) is 17.2.